The standard InChI is InChI=1S/C24H24N4O3/c1-15-12-17(29)5-6-18(15)23(31)28-11-3-8-24(14-28)9-7-19-20(24)26-21(27-22(19)30)16-4-2-10-25-13-16/h2,4-6,10,12-13,29H,3,7-9,11,14H2,1H3,(H,26,27,30). The van der Waals surface area contributed by atoms with E-state index >= 15 is 0 Å². The number of aromatic amines is 1. The molecule has 0 radical (unpaired) electrons. The highest BCUT2D eigenvalue weighted by molar-refractivity contribution is 5.96. The van der Waals surface area contributed by atoms with Gasteiger partial charge < -0.3 is 15.0 Å². The van der Waals surface area contributed by atoms with Gasteiger partial charge in [-0.1, -0.05) is 0 Å². The molecular weight excluding hydrogens is 392 g/mol. The monoisotopic (exact) mass is 416 g/mol. The molecular formula is C24H24N4O3. The third kappa shape index (κ3) is 3.30. The Labute approximate surface area is 179 Å². The van der Waals surface area contributed by atoms with Gasteiger partial charge in [-0.05, 0) is 68.5 Å². The predicted octanol–water partition coefficient (Wildman–Crippen LogP) is 2.97. The van der Waals surface area contributed by atoms with Crippen molar-refractivity contribution >= 4 is 5.91 Å². The zero-order valence-corrected chi connectivity index (χ0v) is 17.4. The fraction of sp³-hybridized carbons (Fsp3) is 0.333. The van der Waals surface area contributed by atoms with Gasteiger partial charge in [-0.15, -0.1) is 0 Å². The molecule has 1 aliphatic carbocycles. The molecule has 7 heteroatoms. The lowest BCUT2D eigenvalue weighted by molar-refractivity contribution is 0.0632. The van der Waals surface area contributed by atoms with Crippen LogP contribution in [0.5, 0.6) is 5.75 Å². The largest absolute Gasteiger partial charge is 0.508 e. The summed E-state index contributed by atoms with van der Waals surface area (Å²) in [7, 11) is 0. The fourth-order valence-electron chi connectivity index (χ4n) is 5.05. The zero-order valence-electron chi connectivity index (χ0n) is 17.4. The summed E-state index contributed by atoms with van der Waals surface area (Å²) < 4.78 is 0. The second-order valence-electron chi connectivity index (χ2n) is 8.59. The minimum absolute atomic E-state index is 0.0395. The first-order valence-electron chi connectivity index (χ1n) is 10.6. The molecule has 1 amide bonds. The smallest absolute Gasteiger partial charge is 0.254 e. The molecule has 1 unspecified atom stereocenters. The lowest BCUT2D eigenvalue weighted by Crippen LogP contribution is -2.48. The van der Waals surface area contributed by atoms with Crippen molar-refractivity contribution in [3.63, 3.8) is 0 Å². The van der Waals surface area contributed by atoms with E-state index in [1.54, 1.807) is 30.6 Å². The first kappa shape index (κ1) is 19.5. The molecule has 1 fully saturated rings. The number of aromatic nitrogens is 3. The molecule has 2 N–H and O–H groups in total. The van der Waals surface area contributed by atoms with Crippen LogP contribution in [0.15, 0.2) is 47.5 Å². The summed E-state index contributed by atoms with van der Waals surface area (Å²) in [4.78, 5) is 39.9. The molecule has 1 aromatic carbocycles. The van der Waals surface area contributed by atoms with E-state index in [1.807, 2.05) is 24.0 Å². The van der Waals surface area contributed by atoms with Crippen molar-refractivity contribution in [3.05, 3.63) is 75.5 Å². The Morgan fingerprint density at radius 3 is 2.90 bits per heavy atom. The number of nitrogens with one attached hydrogen (secondary N) is 1. The number of aromatic hydroxyl groups is 1. The Morgan fingerprint density at radius 2 is 2.13 bits per heavy atom. The van der Waals surface area contributed by atoms with Crippen LogP contribution in [0.4, 0.5) is 0 Å². The molecule has 3 aromatic rings. The molecule has 5 rings (SSSR count). The normalized spacial score (nSPS) is 20.1. The number of pyridine rings is 1. The van der Waals surface area contributed by atoms with Crippen molar-refractivity contribution < 1.29 is 9.90 Å². The number of nitrogens with zero attached hydrogens (tertiary/aromatic N) is 3. The van der Waals surface area contributed by atoms with Crippen LogP contribution in [0.1, 0.15) is 46.4 Å². The number of amides is 1. The van der Waals surface area contributed by atoms with E-state index in [-0.39, 0.29) is 22.6 Å². The van der Waals surface area contributed by atoms with Gasteiger partial charge in [0.05, 0.1) is 5.69 Å². The van der Waals surface area contributed by atoms with Gasteiger partial charge in [0.15, 0.2) is 0 Å². The number of phenols is 1. The van der Waals surface area contributed by atoms with E-state index in [0.717, 1.165) is 41.6 Å². The van der Waals surface area contributed by atoms with Crippen molar-refractivity contribution in [1.82, 2.24) is 19.9 Å². The maximum atomic E-state index is 13.3. The lowest BCUT2D eigenvalue weighted by Gasteiger charge is -2.40. The molecule has 1 atom stereocenters. The van der Waals surface area contributed by atoms with Gasteiger partial charge in [0.1, 0.15) is 11.6 Å². The van der Waals surface area contributed by atoms with Gasteiger partial charge in [-0.25, -0.2) is 4.98 Å². The summed E-state index contributed by atoms with van der Waals surface area (Å²) >= 11 is 0. The maximum Gasteiger partial charge on any atom is 0.254 e. The third-order valence-electron chi connectivity index (χ3n) is 6.61. The first-order chi connectivity index (χ1) is 15.0. The van der Waals surface area contributed by atoms with Crippen LogP contribution in [-0.4, -0.2) is 44.0 Å². The number of aryl methyl sites for hydroxylation is 1. The second kappa shape index (κ2) is 7.34. The number of rotatable bonds is 2. The molecule has 2 aromatic heterocycles. The Morgan fingerprint density at radius 1 is 1.26 bits per heavy atom. The van der Waals surface area contributed by atoms with Gasteiger partial charge >= 0.3 is 0 Å². The average Bonchev–Trinajstić information content (AvgIpc) is 3.12. The minimum atomic E-state index is -0.306. The van der Waals surface area contributed by atoms with Crippen molar-refractivity contribution in [2.45, 2.75) is 38.0 Å². The number of likely N-dealkylation sites (tertiary alicyclic amines) is 1. The number of fused-ring (bicyclic) bond motifs is 2. The van der Waals surface area contributed by atoms with Crippen LogP contribution < -0.4 is 5.56 Å². The van der Waals surface area contributed by atoms with Gasteiger partial charge in [-0.2, -0.15) is 0 Å². The molecule has 1 aliphatic heterocycles. The van der Waals surface area contributed by atoms with E-state index in [4.69, 9.17) is 4.98 Å². The number of hydrogen-bond donors (Lipinski definition) is 2. The van der Waals surface area contributed by atoms with Crippen molar-refractivity contribution in [3.8, 4) is 17.1 Å². The van der Waals surface area contributed by atoms with Crippen molar-refractivity contribution in [2.75, 3.05) is 13.1 Å². The van der Waals surface area contributed by atoms with Crippen LogP contribution >= 0.6 is 0 Å². The van der Waals surface area contributed by atoms with Gasteiger partial charge in [0.2, 0.25) is 0 Å². The summed E-state index contributed by atoms with van der Waals surface area (Å²) in [5.41, 5.74) is 3.29. The lowest BCUT2D eigenvalue weighted by atomic mass is 9.77. The highest BCUT2D eigenvalue weighted by atomic mass is 16.3. The molecule has 7 nitrogen and oxygen atoms in total. The predicted molar refractivity (Wildman–Crippen MR) is 116 cm³/mol. The van der Waals surface area contributed by atoms with E-state index in [9.17, 15) is 14.7 Å². The van der Waals surface area contributed by atoms with Gasteiger partial charge in [0.25, 0.3) is 11.5 Å². The molecule has 0 saturated carbocycles. The summed E-state index contributed by atoms with van der Waals surface area (Å²) in [5.74, 6) is 0.638. The van der Waals surface area contributed by atoms with Crippen LogP contribution in [0.3, 0.4) is 0 Å². The molecule has 2 aliphatic rings. The number of phenolic OH excluding ortho intramolecular Hbond substituents is 1. The Bertz CT molecular complexity index is 1220. The number of benzene rings is 1. The summed E-state index contributed by atoms with van der Waals surface area (Å²) in [5, 5.41) is 9.68. The number of carbonyl (C=O) groups is 1. The third-order valence-corrected chi connectivity index (χ3v) is 6.61. The minimum Gasteiger partial charge on any atom is -0.508 e. The number of hydrogen-bond acceptors (Lipinski definition) is 5. The summed E-state index contributed by atoms with van der Waals surface area (Å²) in [6.07, 6.45) is 6.63. The first-order valence-corrected chi connectivity index (χ1v) is 10.6. The quantitative estimate of drug-likeness (QED) is 0.669. The van der Waals surface area contributed by atoms with E-state index in [2.05, 4.69) is 9.97 Å². The SMILES string of the molecule is Cc1cc(O)ccc1C(=O)N1CCCC2(CCc3c2nc(-c2cccnc2)[nH]c3=O)C1. The summed E-state index contributed by atoms with van der Waals surface area (Å²) in [6.45, 7) is 3.05. The molecule has 31 heavy (non-hydrogen) atoms. The van der Waals surface area contributed by atoms with Crippen molar-refractivity contribution in [1.29, 1.82) is 0 Å². The van der Waals surface area contributed by atoms with Crippen LogP contribution in [0.2, 0.25) is 0 Å². The van der Waals surface area contributed by atoms with E-state index in [0.29, 0.717) is 30.9 Å². The molecule has 0 bridgehead atoms. The summed E-state index contributed by atoms with van der Waals surface area (Å²) in [6, 6.07) is 8.54. The highest BCUT2D eigenvalue weighted by Crippen LogP contribution is 2.43. The number of piperidine rings is 1. The average molecular weight is 416 g/mol. The fourth-order valence-corrected chi connectivity index (χ4v) is 5.05. The van der Waals surface area contributed by atoms with Crippen LogP contribution in [0.25, 0.3) is 11.4 Å². The molecule has 1 saturated heterocycles. The van der Waals surface area contributed by atoms with Crippen LogP contribution in [0, 0.1) is 6.92 Å². The molecule has 158 valence electrons. The van der Waals surface area contributed by atoms with Gasteiger partial charge in [0, 0.05) is 47.6 Å². The molecule has 3 heterocycles. The Balaban J connectivity index is 1.51. The topological polar surface area (TPSA) is 99.2 Å². The van der Waals surface area contributed by atoms with E-state index in [1.165, 1.54) is 0 Å². The van der Waals surface area contributed by atoms with Gasteiger partial charge in [-0.3, -0.25) is 14.6 Å². The number of H-pyrrole nitrogens is 1. The maximum absolute atomic E-state index is 13.3. The molecule has 1 spiro atoms. The second-order valence-corrected chi connectivity index (χ2v) is 8.59. The van der Waals surface area contributed by atoms with Crippen LogP contribution in [-0.2, 0) is 11.8 Å². The van der Waals surface area contributed by atoms with E-state index < -0.39 is 0 Å². The highest BCUT2D eigenvalue weighted by Gasteiger charge is 2.45. The zero-order chi connectivity index (χ0) is 21.6. The Kier molecular flexibility index (Phi) is 4.61. The number of carbonyl (C=O) groups excluding carboxylic acids is 1. The Hall–Kier alpha value is -3.48. The van der Waals surface area contributed by atoms with Crippen molar-refractivity contribution in [2.24, 2.45) is 0 Å².